The molecule has 0 heterocycles. The molecule has 0 saturated carbocycles. The van der Waals surface area contributed by atoms with E-state index in [-0.39, 0.29) is 0 Å². The number of rotatable bonds is 9. The van der Waals surface area contributed by atoms with E-state index < -0.39 is 0 Å². The summed E-state index contributed by atoms with van der Waals surface area (Å²) in [5.74, 6) is 6.47. The zero-order chi connectivity index (χ0) is 14.1. The van der Waals surface area contributed by atoms with Gasteiger partial charge in [-0.3, -0.25) is 11.3 Å². The summed E-state index contributed by atoms with van der Waals surface area (Å²) in [6, 6.07) is 8.38. The third kappa shape index (κ3) is 6.42. The van der Waals surface area contributed by atoms with Crippen molar-refractivity contribution < 1.29 is 0 Å². The number of hydrogen-bond acceptors (Lipinski definition) is 2. The minimum atomic E-state index is 0.334. The molecule has 0 spiro atoms. The van der Waals surface area contributed by atoms with Gasteiger partial charge in [-0.25, -0.2) is 0 Å². The molecule has 0 aliphatic carbocycles. The molecule has 3 heteroatoms. The molecule has 0 radical (unpaired) electrons. The van der Waals surface area contributed by atoms with E-state index in [1.165, 1.54) is 31.2 Å². The molecule has 3 N–H and O–H groups in total. The van der Waals surface area contributed by atoms with Crippen LogP contribution in [0.4, 0.5) is 0 Å². The number of hydrazine groups is 1. The summed E-state index contributed by atoms with van der Waals surface area (Å²) < 4.78 is 0. The van der Waals surface area contributed by atoms with Crippen molar-refractivity contribution in [2.24, 2.45) is 11.8 Å². The lowest BCUT2D eigenvalue weighted by atomic mass is 9.90. The molecule has 1 rings (SSSR count). The molecule has 0 bridgehead atoms. The second kappa shape index (κ2) is 9.35. The lowest BCUT2D eigenvalue weighted by molar-refractivity contribution is 0.350. The van der Waals surface area contributed by atoms with Crippen LogP contribution in [0.25, 0.3) is 0 Å². The van der Waals surface area contributed by atoms with Gasteiger partial charge in [0.15, 0.2) is 0 Å². The third-order valence-electron chi connectivity index (χ3n) is 3.77. The van der Waals surface area contributed by atoms with Crippen molar-refractivity contribution >= 4 is 11.6 Å². The Kier molecular flexibility index (Phi) is 8.11. The Balaban J connectivity index is 2.52. The molecule has 2 unspecified atom stereocenters. The minimum Gasteiger partial charge on any atom is -0.271 e. The zero-order valence-corrected chi connectivity index (χ0v) is 12.9. The van der Waals surface area contributed by atoms with Gasteiger partial charge in [-0.05, 0) is 36.5 Å². The van der Waals surface area contributed by atoms with Crippen LogP contribution in [0.2, 0.25) is 5.02 Å². The maximum atomic E-state index is 6.02. The maximum absolute atomic E-state index is 6.02. The summed E-state index contributed by atoms with van der Waals surface area (Å²) in [6.07, 6.45) is 7.20. The second-order valence-electron chi connectivity index (χ2n) is 5.35. The van der Waals surface area contributed by atoms with Crippen LogP contribution in [0.3, 0.4) is 0 Å². The van der Waals surface area contributed by atoms with Crippen LogP contribution in [0.1, 0.15) is 51.5 Å². The molecular weight excluding hydrogens is 256 g/mol. The van der Waals surface area contributed by atoms with E-state index in [0.717, 1.165) is 23.8 Å². The number of benzene rings is 1. The standard InChI is InChI=1S/C16H27ClN2/c1-3-5-7-13(4-2)11-16(19-18)12-14-8-6-9-15(17)10-14/h6,8-10,13,16,19H,3-5,7,11-12,18H2,1-2H3. The first kappa shape index (κ1) is 16.5. The third-order valence-corrected chi connectivity index (χ3v) is 4.00. The van der Waals surface area contributed by atoms with Gasteiger partial charge in [-0.2, -0.15) is 0 Å². The molecule has 0 fully saturated rings. The lowest BCUT2D eigenvalue weighted by Crippen LogP contribution is -2.38. The molecular formula is C16H27ClN2. The first-order chi connectivity index (χ1) is 9.19. The quantitative estimate of drug-likeness (QED) is 0.523. The van der Waals surface area contributed by atoms with Crippen LogP contribution in [-0.2, 0) is 6.42 Å². The lowest BCUT2D eigenvalue weighted by Gasteiger charge is -2.22. The van der Waals surface area contributed by atoms with Gasteiger partial charge in [-0.15, -0.1) is 0 Å². The van der Waals surface area contributed by atoms with Gasteiger partial charge in [-0.1, -0.05) is 63.3 Å². The SMILES string of the molecule is CCCCC(CC)CC(Cc1cccc(Cl)c1)NN. The van der Waals surface area contributed by atoms with E-state index in [0.29, 0.717) is 6.04 Å². The Bertz CT molecular complexity index is 354. The molecule has 2 nitrogen and oxygen atoms in total. The van der Waals surface area contributed by atoms with Crippen LogP contribution >= 0.6 is 11.6 Å². The fourth-order valence-electron chi connectivity index (χ4n) is 2.54. The van der Waals surface area contributed by atoms with Gasteiger partial charge < -0.3 is 0 Å². The van der Waals surface area contributed by atoms with Crippen LogP contribution in [0, 0.1) is 5.92 Å². The highest BCUT2D eigenvalue weighted by Crippen LogP contribution is 2.21. The van der Waals surface area contributed by atoms with Gasteiger partial charge in [0.05, 0.1) is 0 Å². The molecule has 0 aliphatic rings. The summed E-state index contributed by atoms with van der Waals surface area (Å²) in [6.45, 7) is 4.52. The van der Waals surface area contributed by atoms with E-state index in [4.69, 9.17) is 17.4 Å². The van der Waals surface area contributed by atoms with E-state index >= 15 is 0 Å². The largest absolute Gasteiger partial charge is 0.271 e. The van der Waals surface area contributed by atoms with Crippen molar-refractivity contribution in [1.29, 1.82) is 0 Å². The molecule has 0 aliphatic heterocycles. The van der Waals surface area contributed by atoms with Gasteiger partial charge in [0, 0.05) is 11.1 Å². The van der Waals surface area contributed by atoms with Crippen molar-refractivity contribution in [2.45, 2.75) is 58.4 Å². The Morgan fingerprint density at radius 1 is 1.32 bits per heavy atom. The highest BCUT2D eigenvalue weighted by Gasteiger charge is 2.14. The highest BCUT2D eigenvalue weighted by molar-refractivity contribution is 6.30. The predicted molar refractivity (Wildman–Crippen MR) is 84.2 cm³/mol. The van der Waals surface area contributed by atoms with Crippen molar-refractivity contribution in [3.05, 3.63) is 34.9 Å². The Labute approximate surface area is 122 Å². The minimum absolute atomic E-state index is 0.334. The molecule has 0 amide bonds. The molecule has 19 heavy (non-hydrogen) atoms. The number of hydrogen-bond donors (Lipinski definition) is 2. The monoisotopic (exact) mass is 282 g/mol. The number of nitrogens with one attached hydrogen (secondary N) is 1. The van der Waals surface area contributed by atoms with E-state index in [9.17, 15) is 0 Å². The molecule has 1 aromatic rings. The Hall–Kier alpha value is -0.570. The van der Waals surface area contributed by atoms with Crippen LogP contribution in [0.5, 0.6) is 0 Å². The van der Waals surface area contributed by atoms with Crippen molar-refractivity contribution in [1.82, 2.24) is 5.43 Å². The predicted octanol–water partition coefficient (Wildman–Crippen LogP) is 4.32. The summed E-state index contributed by atoms with van der Waals surface area (Å²) in [7, 11) is 0. The highest BCUT2D eigenvalue weighted by atomic mass is 35.5. The summed E-state index contributed by atoms with van der Waals surface area (Å²) in [5.41, 5.74) is 4.22. The normalized spacial score (nSPS) is 14.3. The zero-order valence-electron chi connectivity index (χ0n) is 12.2. The fraction of sp³-hybridized carbons (Fsp3) is 0.625. The Morgan fingerprint density at radius 3 is 2.68 bits per heavy atom. The molecule has 0 saturated heterocycles. The van der Waals surface area contributed by atoms with E-state index in [1.807, 2.05) is 18.2 Å². The van der Waals surface area contributed by atoms with Gasteiger partial charge in [0.1, 0.15) is 0 Å². The first-order valence-electron chi connectivity index (χ1n) is 7.40. The van der Waals surface area contributed by atoms with Crippen molar-refractivity contribution in [3.8, 4) is 0 Å². The molecule has 108 valence electrons. The summed E-state index contributed by atoms with van der Waals surface area (Å²) in [4.78, 5) is 0. The maximum Gasteiger partial charge on any atom is 0.0408 e. The van der Waals surface area contributed by atoms with Crippen LogP contribution in [-0.4, -0.2) is 6.04 Å². The van der Waals surface area contributed by atoms with Crippen LogP contribution < -0.4 is 11.3 Å². The average molecular weight is 283 g/mol. The number of nitrogens with two attached hydrogens (primary N) is 1. The molecule has 2 atom stereocenters. The van der Waals surface area contributed by atoms with Crippen molar-refractivity contribution in [2.75, 3.05) is 0 Å². The van der Waals surface area contributed by atoms with Crippen molar-refractivity contribution in [3.63, 3.8) is 0 Å². The van der Waals surface area contributed by atoms with E-state index in [1.54, 1.807) is 0 Å². The van der Waals surface area contributed by atoms with Crippen LogP contribution in [0.15, 0.2) is 24.3 Å². The smallest absolute Gasteiger partial charge is 0.0408 e. The fourth-order valence-corrected chi connectivity index (χ4v) is 2.76. The van der Waals surface area contributed by atoms with Gasteiger partial charge in [0.2, 0.25) is 0 Å². The topological polar surface area (TPSA) is 38.0 Å². The number of halogens is 1. The second-order valence-corrected chi connectivity index (χ2v) is 5.79. The average Bonchev–Trinajstić information content (AvgIpc) is 2.42. The van der Waals surface area contributed by atoms with Gasteiger partial charge in [0.25, 0.3) is 0 Å². The summed E-state index contributed by atoms with van der Waals surface area (Å²) >= 11 is 6.02. The number of unbranched alkanes of at least 4 members (excludes halogenated alkanes) is 1. The van der Waals surface area contributed by atoms with Gasteiger partial charge >= 0.3 is 0 Å². The first-order valence-corrected chi connectivity index (χ1v) is 7.77. The Morgan fingerprint density at radius 2 is 2.11 bits per heavy atom. The van der Waals surface area contributed by atoms with E-state index in [2.05, 4.69) is 25.3 Å². The summed E-state index contributed by atoms with van der Waals surface area (Å²) in [5, 5.41) is 0.797. The molecule has 0 aromatic heterocycles. The molecule has 1 aromatic carbocycles.